The highest BCUT2D eigenvalue weighted by atomic mass is 79.9. The van der Waals surface area contributed by atoms with Crippen LogP contribution >= 0.6 is 15.9 Å². The summed E-state index contributed by atoms with van der Waals surface area (Å²) in [5, 5.41) is 0. The molecule has 0 aliphatic heterocycles. The molecule has 1 aromatic rings. The Labute approximate surface area is 80.6 Å². The summed E-state index contributed by atoms with van der Waals surface area (Å²) < 4.78 is 0.993. The minimum Gasteiger partial charge on any atom is -0.398 e. The molecule has 0 amide bonds. The van der Waals surface area contributed by atoms with Crippen molar-refractivity contribution in [3.8, 4) is 0 Å². The van der Waals surface area contributed by atoms with Gasteiger partial charge in [0.2, 0.25) is 0 Å². The summed E-state index contributed by atoms with van der Waals surface area (Å²) >= 11 is 3.35. The second-order valence-electron chi connectivity index (χ2n) is 2.54. The van der Waals surface area contributed by atoms with Crippen LogP contribution in [0.3, 0.4) is 0 Å². The molecule has 0 saturated heterocycles. The fourth-order valence-corrected chi connectivity index (χ4v) is 1.36. The van der Waals surface area contributed by atoms with Crippen molar-refractivity contribution in [1.29, 1.82) is 0 Å². The summed E-state index contributed by atoms with van der Waals surface area (Å²) in [6.45, 7) is 1.94. The standard InChI is InChI=1S/C9H11BrN2/c1-6(12-2)8-4-3-7(10)5-9(8)11/h3-5H,11H2,1-2H3. The number of anilines is 1. The topological polar surface area (TPSA) is 38.4 Å². The van der Waals surface area contributed by atoms with Gasteiger partial charge >= 0.3 is 0 Å². The Hall–Kier alpha value is -0.830. The third kappa shape index (κ3) is 1.85. The predicted octanol–water partition coefficient (Wildman–Crippen LogP) is 2.47. The number of aliphatic imine (C=N–C) groups is 1. The third-order valence-electron chi connectivity index (χ3n) is 1.74. The van der Waals surface area contributed by atoms with Gasteiger partial charge in [0, 0.05) is 28.5 Å². The quantitative estimate of drug-likeness (QED) is 0.580. The molecule has 3 heteroatoms. The Morgan fingerprint density at radius 1 is 1.50 bits per heavy atom. The van der Waals surface area contributed by atoms with Crippen LogP contribution in [-0.2, 0) is 0 Å². The van der Waals surface area contributed by atoms with Crippen LogP contribution in [0.5, 0.6) is 0 Å². The van der Waals surface area contributed by atoms with E-state index in [-0.39, 0.29) is 0 Å². The first kappa shape index (κ1) is 9.26. The lowest BCUT2D eigenvalue weighted by Crippen LogP contribution is -2.00. The van der Waals surface area contributed by atoms with E-state index in [1.54, 1.807) is 7.05 Å². The van der Waals surface area contributed by atoms with Gasteiger partial charge in [0.1, 0.15) is 0 Å². The second-order valence-corrected chi connectivity index (χ2v) is 3.46. The van der Waals surface area contributed by atoms with E-state index in [0.29, 0.717) is 0 Å². The van der Waals surface area contributed by atoms with Crippen molar-refractivity contribution in [3.05, 3.63) is 28.2 Å². The largest absolute Gasteiger partial charge is 0.398 e. The smallest absolute Gasteiger partial charge is 0.0417 e. The molecule has 12 heavy (non-hydrogen) atoms. The van der Waals surface area contributed by atoms with Crippen LogP contribution in [0.15, 0.2) is 27.7 Å². The number of halogens is 1. The molecule has 0 atom stereocenters. The van der Waals surface area contributed by atoms with Crippen LogP contribution in [-0.4, -0.2) is 12.8 Å². The van der Waals surface area contributed by atoms with Gasteiger partial charge in [0.15, 0.2) is 0 Å². The molecule has 0 radical (unpaired) electrons. The van der Waals surface area contributed by atoms with Gasteiger partial charge in [-0.25, -0.2) is 0 Å². The number of hydrogen-bond donors (Lipinski definition) is 1. The third-order valence-corrected chi connectivity index (χ3v) is 2.23. The number of nitrogens with zero attached hydrogens (tertiary/aromatic N) is 1. The molecule has 2 N–H and O–H groups in total. The van der Waals surface area contributed by atoms with Crippen molar-refractivity contribution >= 4 is 27.3 Å². The lowest BCUT2D eigenvalue weighted by molar-refractivity contribution is 1.41. The molecule has 0 saturated carbocycles. The van der Waals surface area contributed by atoms with Gasteiger partial charge in [-0.05, 0) is 25.1 Å². The lowest BCUT2D eigenvalue weighted by Gasteiger charge is -2.04. The van der Waals surface area contributed by atoms with Crippen molar-refractivity contribution in [3.63, 3.8) is 0 Å². The van der Waals surface area contributed by atoms with Crippen LogP contribution in [0.2, 0.25) is 0 Å². The molecule has 0 unspecified atom stereocenters. The molecule has 0 bridgehead atoms. The fourth-order valence-electron chi connectivity index (χ4n) is 0.984. The Morgan fingerprint density at radius 2 is 2.17 bits per heavy atom. The van der Waals surface area contributed by atoms with Gasteiger partial charge in [-0.2, -0.15) is 0 Å². The monoisotopic (exact) mass is 226 g/mol. The van der Waals surface area contributed by atoms with Crippen molar-refractivity contribution in [2.45, 2.75) is 6.92 Å². The minimum absolute atomic E-state index is 0.757. The van der Waals surface area contributed by atoms with Gasteiger partial charge in [-0.15, -0.1) is 0 Å². The van der Waals surface area contributed by atoms with Gasteiger partial charge in [-0.1, -0.05) is 15.9 Å². The maximum atomic E-state index is 5.79. The molecular weight excluding hydrogens is 216 g/mol. The first-order valence-electron chi connectivity index (χ1n) is 3.64. The zero-order chi connectivity index (χ0) is 9.14. The second kappa shape index (κ2) is 3.72. The average Bonchev–Trinajstić information content (AvgIpc) is 2.03. The van der Waals surface area contributed by atoms with Gasteiger partial charge in [0.05, 0.1) is 0 Å². The van der Waals surface area contributed by atoms with E-state index >= 15 is 0 Å². The Morgan fingerprint density at radius 3 is 2.67 bits per heavy atom. The molecular formula is C9H11BrN2. The SMILES string of the molecule is CN=C(C)c1ccc(Br)cc1N. The van der Waals surface area contributed by atoms with Crippen LogP contribution < -0.4 is 5.73 Å². The number of nitrogen functional groups attached to an aromatic ring is 1. The average molecular weight is 227 g/mol. The maximum Gasteiger partial charge on any atom is 0.0417 e. The highest BCUT2D eigenvalue weighted by Crippen LogP contribution is 2.18. The summed E-state index contributed by atoms with van der Waals surface area (Å²) in [4.78, 5) is 4.07. The van der Waals surface area contributed by atoms with E-state index in [0.717, 1.165) is 21.4 Å². The van der Waals surface area contributed by atoms with Crippen molar-refractivity contribution < 1.29 is 0 Å². The summed E-state index contributed by atoms with van der Waals surface area (Å²) in [7, 11) is 1.76. The van der Waals surface area contributed by atoms with E-state index in [2.05, 4.69) is 20.9 Å². The van der Waals surface area contributed by atoms with Gasteiger partial charge in [-0.3, -0.25) is 4.99 Å². The van der Waals surface area contributed by atoms with E-state index in [1.807, 2.05) is 25.1 Å². The predicted molar refractivity (Wildman–Crippen MR) is 56.7 cm³/mol. The summed E-state index contributed by atoms with van der Waals surface area (Å²) in [5.74, 6) is 0. The number of benzene rings is 1. The Balaban J connectivity index is 3.18. The van der Waals surface area contributed by atoms with Crippen molar-refractivity contribution in [1.82, 2.24) is 0 Å². The normalized spacial score (nSPS) is 11.8. The van der Waals surface area contributed by atoms with E-state index in [1.165, 1.54) is 0 Å². The van der Waals surface area contributed by atoms with Crippen LogP contribution in [0.25, 0.3) is 0 Å². The van der Waals surface area contributed by atoms with E-state index in [4.69, 9.17) is 5.73 Å². The molecule has 0 spiro atoms. The number of nitrogens with two attached hydrogens (primary N) is 1. The number of hydrogen-bond acceptors (Lipinski definition) is 2. The molecule has 1 aromatic carbocycles. The molecule has 0 fully saturated rings. The summed E-state index contributed by atoms with van der Waals surface area (Å²) in [6, 6.07) is 5.80. The summed E-state index contributed by atoms with van der Waals surface area (Å²) in [5.41, 5.74) is 8.50. The minimum atomic E-state index is 0.757. The van der Waals surface area contributed by atoms with Gasteiger partial charge in [0.25, 0.3) is 0 Å². The molecule has 0 aliphatic rings. The number of rotatable bonds is 1. The van der Waals surface area contributed by atoms with Crippen molar-refractivity contribution in [2.75, 3.05) is 12.8 Å². The highest BCUT2D eigenvalue weighted by molar-refractivity contribution is 9.10. The molecule has 1 rings (SSSR count). The Kier molecular flexibility index (Phi) is 2.87. The molecule has 2 nitrogen and oxygen atoms in total. The fraction of sp³-hybridized carbons (Fsp3) is 0.222. The zero-order valence-corrected chi connectivity index (χ0v) is 8.72. The summed E-state index contributed by atoms with van der Waals surface area (Å²) in [6.07, 6.45) is 0. The molecule has 64 valence electrons. The highest BCUT2D eigenvalue weighted by Gasteiger charge is 2.01. The van der Waals surface area contributed by atoms with Crippen LogP contribution in [0, 0.1) is 0 Å². The van der Waals surface area contributed by atoms with Crippen molar-refractivity contribution in [2.24, 2.45) is 4.99 Å². The molecule has 0 aromatic heterocycles. The van der Waals surface area contributed by atoms with Crippen LogP contribution in [0.1, 0.15) is 12.5 Å². The molecule has 0 aliphatic carbocycles. The zero-order valence-electron chi connectivity index (χ0n) is 7.13. The Bertz CT molecular complexity index is 318. The first-order valence-corrected chi connectivity index (χ1v) is 4.43. The van der Waals surface area contributed by atoms with E-state index < -0.39 is 0 Å². The lowest BCUT2D eigenvalue weighted by atomic mass is 10.1. The van der Waals surface area contributed by atoms with Crippen LogP contribution in [0.4, 0.5) is 5.69 Å². The first-order chi connectivity index (χ1) is 5.65. The maximum absolute atomic E-state index is 5.79. The van der Waals surface area contributed by atoms with E-state index in [9.17, 15) is 0 Å². The van der Waals surface area contributed by atoms with Gasteiger partial charge < -0.3 is 5.73 Å². The molecule has 0 heterocycles.